The molecule has 2 heterocycles. The van der Waals surface area contributed by atoms with E-state index in [-0.39, 0.29) is 18.2 Å². The maximum Gasteiger partial charge on any atom is 0.413 e. The molecule has 0 aliphatic carbocycles. The summed E-state index contributed by atoms with van der Waals surface area (Å²) in [5.41, 5.74) is -0.416. The lowest BCUT2D eigenvalue weighted by atomic mass is 10.4. The third-order valence-corrected chi connectivity index (χ3v) is 2.08. The van der Waals surface area contributed by atoms with E-state index in [9.17, 15) is 9.59 Å². The molecule has 0 radical (unpaired) electrons. The zero-order valence-corrected chi connectivity index (χ0v) is 9.61. The van der Waals surface area contributed by atoms with Gasteiger partial charge in [-0.05, 0) is 0 Å². The molecule has 0 aliphatic heterocycles. The second kappa shape index (κ2) is 5.12. The molecule has 0 bridgehead atoms. The number of imidazole rings is 1. The predicted octanol–water partition coefficient (Wildman–Crippen LogP) is 0.557. The van der Waals surface area contributed by atoms with Crippen molar-refractivity contribution in [1.82, 2.24) is 19.6 Å². The van der Waals surface area contributed by atoms with Crippen molar-refractivity contribution in [2.24, 2.45) is 0 Å². The average Bonchev–Trinajstić information content (AvgIpc) is 2.85. The molecule has 0 fully saturated rings. The minimum atomic E-state index is -1.33. The number of ether oxygens (including phenoxy) is 1. The highest BCUT2D eigenvalue weighted by atomic mass is 16.5. The first-order valence-electron chi connectivity index (χ1n) is 5.11. The maximum atomic E-state index is 11.5. The topological polar surface area (TPSA) is 119 Å². The molecule has 2 N–H and O–H groups in total. The average molecular weight is 263 g/mol. The molecule has 2 rings (SSSR count). The van der Waals surface area contributed by atoms with E-state index in [0.29, 0.717) is 0 Å². The van der Waals surface area contributed by atoms with Crippen molar-refractivity contribution in [3.8, 4) is 0 Å². The van der Waals surface area contributed by atoms with Gasteiger partial charge in [0.15, 0.2) is 5.82 Å². The van der Waals surface area contributed by atoms with Gasteiger partial charge in [-0.2, -0.15) is 0 Å². The van der Waals surface area contributed by atoms with E-state index in [1.165, 1.54) is 22.9 Å². The van der Waals surface area contributed by atoms with Crippen LogP contribution in [-0.2, 0) is 4.74 Å². The molecule has 2 aromatic rings. The number of rotatable bonds is 4. The normalized spacial score (nSPS) is 10.1. The van der Waals surface area contributed by atoms with Crippen molar-refractivity contribution in [3.05, 3.63) is 30.7 Å². The van der Waals surface area contributed by atoms with Gasteiger partial charge in [0.25, 0.3) is 5.78 Å². The lowest BCUT2D eigenvalue weighted by Gasteiger charge is -2.08. The number of hydrogen-bond acceptors (Lipinski definition) is 6. The number of hydrogen-bond donors (Lipinski definition) is 2. The smallest absolute Gasteiger partial charge is 0.413 e. The molecule has 0 spiro atoms. The quantitative estimate of drug-likeness (QED) is 0.773. The number of amides is 1. The largest absolute Gasteiger partial charge is 0.476 e. The van der Waals surface area contributed by atoms with E-state index in [1.807, 2.05) is 0 Å². The van der Waals surface area contributed by atoms with Gasteiger partial charge in [-0.15, -0.1) is 10.2 Å². The Morgan fingerprint density at radius 3 is 3.00 bits per heavy atom. The van der Waals surface area contributed by atoms with Crippen molar-refractivity contribution in [1.29, 1.82) is 0 Å². The molecule has 19 heavy (non-hydrogen) atoms. The summed E-state index contributed by atoms with van der Waals surface area (Å²) in [5.74, 6) is -1.25. The monoisotopic (exact) mass is 263 g/mol. The number of anilines is 1. The Balaban J connectivity index is 2.40. The SMILES string of the molecule is C=CCOC(=O)Nc1c(C(=O)O)nnc2nccn12. The molecule has 0 atom stereocenters. The highest BCUT2D eigenvalue weighted by Gasteiger charge is 2.19. The van der Waals surface area contributed by atoms with Crippen LogP contribution in [0.15, 0.2) is 25.0 Å². The zero-order valence-electron chi connectivity index (χ0n) is 9.61. The van der Waals surface area contributed by atoms with Crippen molar-refractivity contribution in [2.45, 2.75) is 0 Å². The summed E-state index contributed by atoms with van der Waals surface area (Å²) < 4.78 is 6.00. The van der Waals surface area contributed by atoms with Crippen LogP contribution < -0.4 is 5.32 Å². The third-order valence-electron chi connectivity index (χ3n) is 2.08. The number of carbonyl (C=O) groups excluding carboxylic acids is 1. The summed E-state index contributed by atoms with van der Waals surface area (Å²) in [6, 6.07) is 0. The number of aromatic nitrogens is 4. The number of carboxylic acids is 1. The minimum absolute atomic E-state index is 0.000177. The molecule has 0 saturated carbocycles. The number of fused-ring (bicyclic) bond motifs is 1. The molecule has 0 aliphatic rings. The first kappa shape index (κ1) is 12.5. The highest BCUT2D eigenvalue weighted by molar-refractivity contribution is 5.96. The number of carboxylic acid groups (broad SMARTS) is 1. The van der Waals surface area contributed by atoms with E-state index in [2.05, 4.69) is 27.1 Å². The molecule has 2 aromatic heterocycles. The minimum Gasteiger partial charge on any atom is -0.476 e. The first-order valence-corrected chi connectivity index (χ1v) is 5.11. The number of nitrogens with one attached hydrogen (secondary N) is 1. The van der Waals surface area contributed by atoms with Crippen LogP contribution >= 0.6 is 0 Å². The van der Waals surface area contributed by atoms with Crippen LogP contribution in [0.4, 0.5) is 10.6 Å². The van der Waals surface area contributed by atoms with Crippen LogP contribution in [0, 0.1) is 0 Å². The fourth-order valence-electron chi connectivity index (χ4n) is 1.33. The lowest BCUT2D eigenvalue weighted by molar-refractivity contribution is 0.0690. The molecular formula is C10H9N5O4. The number of aromatic carboxylic acids is 1. The van der Waals surface area contributed by atoms with Gasteiger partial charge < -0.3 is 9.84 Å². The first-order chi connectivity index (χ1) is 9.13. The van der Waals surface area contributed by atoms with E-state index < -0.39 is 17.8 Å². The second-order valence-electron chi connectivity index (χ2n) is 3.31. The van der Waals surface area contributed by atoms with Crippen LogP contribution in [0.3, 0.4) is 0 Å². The summed E-state index contributed by atoms with van der Waals surface area (Å²) in [6.45, 7) is 3.39. The van der Waals surface area contributed by atoms with E-state index in [1.54, 1.807) is 0 Å². The maximum absolute atomic E-state index is 11.5. The Hall–Kier alpha value is -2.97. The predicted molar refractivity (Wildman–Crippen MR) is 62.9 cm³/mol. The molecule has 9 heteroatoms. The van der Waals surface area contributed by atoms with Gasteiger partial charge in [-0.25, -0.2) is 14.6 Å². The fraction of sp³-hybridized carbons (Fsp3) is 0.100. The van der Waals surface area contributed by atoms with Gasteiger partial charge in [0, 0.05) is 12.4 Å². The van der Waals surface area contributed by atoms with E-state index in [4.69, 9.17) is 9.84 Å². The molecule has 1 amide bonds. The van der Waals surface area contributed by atoms with Crippen LogP contribution in [0.25, 0.3) is 5.78 Å². The number of carbonyl (C=O) groups is 2. The molecule has 0 aromatic carbocycles. The fourth-order valence-corrected chi connectivity index (χ4v) is 1.33. The van der Waals surface area contributed by atoms with Gasteiger partial charge >= 0.3 is 12.1 Å². The lowest BCUT2D eigenvalue weighted by Crippen LogP contribution is -2.20. The summed E-state index contributed by atoms with van der Waals surface area (Å²) in [4.78, 5) is 26.3. The Bertz CT molecular complexity index is 650. The molecule has 0 saturated heterocycles. The van der Waals surface area contributed by atoms with Crippen LogP contribution in [0.5, 0.6) is 0 Å². The summed E-state index contributed by atoms with van der Waals surface area (Å²) >= 11 is 0. The van der Waals surface area contributed by atoms with E-state index >= 15 is 0 Å². The summed E-state index contributed by atoms with van der Waals surface area (Å²) in [5, 5.41) is 18.4. The summed E-state index contributed by atoms with van der Waals surface area (Å²) in [6.07, 6.45) is 3.40. The van der Waals surface area contributed by atoms with Crippen LogP contribution in [0.2, 0.25) is 0 Å². The highest BCUT2D eigenvalue weighted by Crippen LogP contribution is 2.14. The van der Waals surface area contributed by atoms with Gasteiger partial charge in [0.2, 0.25) is 5.69 Å². The van der Waals surface area contributed by atoms with Gasteiger partial charge in [0.05, 0.1) is 0 Å². The van der Waals surface area contributed by atoms with Crippen molar-refractivity contribution >= 4 is 23.7 Å². The molecular weight excluding hydrogens is 254 g/mol. The molecule has 0 unspecified atom stereocenters. The van der Waals surface area contributed by atoms with Crippen LogP contribution in [-0.4, -0.2) is 43.4 Å². The van der Waals surface area contributed by atoms with Gasteiger partial charge in [-0.1, -0.05) is 12.7 Å². The Labute approximate surface area is 106 Å². The number of nitrogens with zero attached hydrogens (tertiary/aromatic N) is 4. The second-order valence-corrected chi connectivity index (χ2v) is 3.31. The Morgan fingerprint density at radius 2 is 2.32 bits per heavy atom. The van der Waals surface area contributed by atoms with Gasteiger partial charge in [-0.3, -0.25) is 9.72 Å². The Morgan fingerprint density at radius 1 is 1.53 bits per heavy atom. The van der Waals surface area contributed by atoms with Crippen molar-refractivity contribution < 1.29 is 19.4 Å². The molecule has 9 nitrogen and oxygen atoms in total. The van der Waals surface area contributed by atoms with E-state index in [0.717, 1.165) is 0 Å². The van der Waals surface area contributed by atoms with Gasteiger partial charge in [0.1, 0.15) is 6.61 Å². The zero-order chi connectivity index (χ0) is 13.8. The van der Waals surface area contributed by atoms with Crippen LogP contribution in [0.1, 0.15) is 10.5 Å². The Kier molecular flexibility index (Phi) is 3.37. The van der Waals surface area contributed by atoms with Crippen molar-refractivity contribution in [3.63, 3.8) is 0 Å². The summed E-state index contributed by atoms with van der Waals surface area (Å²) in [7, 11) is 0. The molecule has 98 valence electrons. The standard InChI is InChI=1S/C10H9N5O4/c1-2-5-19-10(18)12-7-6(8(16)17)13-14-9-11-3-4-15(7)9/h2-4H,1,5H2,(H,12,18)(H,16,17). The third kappa shape index (κ3) is 2.49. The van der Waals surface area contributed by atoms with Crippen molar-refractivity contribution in [2.75, 3.05) is 11.9 Å².